The van der Waals surface area contributed by atoms with E-state index in [0.717, 1.165) is 0 Å². The topological polar surface area (TPSA) is 35.5 Å². The van der Waals surface area contributed by atoms with E-state index < -0.39 is 0 Å². The Morgan fingerprint density at radius 1 is 1.00 bits per heavy atom. The van der Waals surface area contributed by atoms with Gasteiger partial charge in [0.25, 0.3) is 0 Å². The van der Waals surface area contributed by atoms with Crippen LogP contribution >= 0.6 is 15.9 Å². The fraction of sp³-hybridized carbons (Fsp3) is 0.133. The number of ketones is 1. The van der Waals surface area contributed by atoms with Gasteiger partial charge in [-0.1, -0.05) is 12.1 Å². The zero-order chi connectivity index (χ0) is 13.8. The predicted molar refractivity (Wildman–Crippen MR) is 77.1 cm³/mol. The molecule has 0 bridgehead atoms. The minimum Gasteiger partial charge on any atom is -0.497 e. The van der Waals surface area contributed by atoms with Gasteiger partial charge in [-0.15, -0.1) is 0 Å². The Kier molecular flexibility index (Phi) is 4.22. The molecule has 3 nitrogen and oxygen atoms in total. The molecule has 0 heterocycles. The Labute approximate surface area is 120 Å². The van der Waals surface area contributed by atoms with Gasteiger partial charge < -0.3 is 9.47 Å². The van der Waals surface area contributed by atoms with E-state index in [0.29, 0.717) is 27.1 Å². The van der Waals surface area contributed by atoms with Crippen LogP contribution in [0.5, 0.6) is 11.5 Å². The smallest absolute Gasteiger partial charge is 0.197 e. The summed E-state index contributed by atoms with van der Waals surface area (Å²) in [6.07, 6.45) is 0. The Morgan fingerprint density at radius 2 is 1.74 bits per heavy atom. The minimum absolute atomic E-state index is 0.0908. The number of hydrogen-bond acceptors (Lipinski definition) is 3. The van der Waals surface area contributed by atoms with Crippen LogP contribution in [0.15, 0.2) is 46.9 Å². The Morgan fingerprint density at radius 3 is 2.37 bits per heavy atom. The summed E-state index contributed by atoms with van der Waals surface area (Å²) in [6, 6.07) is 12.4. The SMILES string of the molecule is COc1ccc(C(=O)c2ccccc2OC)c(Br)c1. The van der Waals surface area contributed by atoms with Crippen LogP contribution < -0.4 is 9.47 Å². The van der Waals surface area contributed by atoms with Crippen molar-refractivity contribution in [2.75, 3.05) is 14.2 Å². The lowest BCUT2D eigenvalue weighted by molar-refractivity contribution is 0.103. The van der Waals surface area contributed by atoms with Gasteiger partial charge in [0.2, 0.25) is 0 Å². The number of rotatable bonds is 4. The first-order valence-electron chi connectivity index (χ1n) is 5.68. The van der Waals surface area contributed by atoms with E-state index in [9.17, 15) is 4.79 Å². The second-order valence-electron chi connectivity index (χ2n) is 3.88. The first kappa shape index (κ1) is 13.6. The molecule has 0 aliphatic carbocycles. The summed E-state index contributed by atoms with van der Waals surface area (Å²) in [4.78, 5) is 12.5. The molecular weight excluding hydrogens is 308 g/mol. The Bertz CT molecular complexity index is 608. The Balaban J connectivity index is 2.44. The number of benzene rings is 2. The molecular formula is C15H13BrO3. The Hall–Kier alpha value is -1.81. The molecule has 19 heavy (non-hydrogen) atoms. The van der Waals surface area contributed by atoms with Crippen molar-refractivity contribution in [1.82, 2.24) is 0 Å². The first-order valence-corrected chi connectivity index (χ1v) is 6.48. The molecule has 2 rings (SSSR count). The maximum Gasteiger partial charge on any atom is 0.197 e. The third-order valence-corrected chi connectivity index (χ3v) is 3.43. The van der Waals surface area contributed by atoms with Gasteiger partial charge in [0, 0.05) is 10.0 Å². The molecule has 0 fully saturated rings. The zero-order valence-electron chi connectivity index (χ0n) is 10.6. The molecule has 0 radical (unpaired) electrons. The van der Waals surface area contributed by atoms with E-state index in [1.165, 1.54) is 0 Å². The third kappa shape index (κ3) is 2.79. The summed E-state index contributed by atoms with van der Waals surface area (Å²) in [5, 5.41) is 0. The van der Waals surface area contributed by atoms with Crippen molar-refractivity contribution in [3.63, 3.8) is 0 Å². The number of methoxy groups -OCH3 is 2. The number of carbonyl (C=O) groups is 1. The molecule has 0 atom stereocenters. The fourth-order valence-electron chi connectivity index (χ4n) is 1.78. The van der Waals surface area contributed by atoms with Gasteiger partial charge in [-0.3, -0.25) is 4.79 Å². The molecule has 0 amide bonds. The predicted octanol–water partition coefficient (Wildman–Crippen LogP) is 3.70. The largest absolute Gasteiger partial charge is 0.497 e. The van der Waals surface area contributed by atoms with Crippen LogP contribution in [-0.4, -0.2) is 20.0 Å². The lowest BCUT2D eigenvalue weighted by atomic mass is 10.0. The van der Waals surface area contributed by atoms with E-state index in [1.54, 1.807) is 44.6 Å². The lowest BCUT2D eigenvalue weighted by Gasteiger charge is -2.09. The van der Waals surface area contributed by atoms with E-state index in [2.05, 4.69) is 15.9 Å². The summed E-state index contributed by atoms with van der Waals surface area (Å²) < 4.78 is 11.0. The van der Waals surface area contributed by atoms with Gasteiger partial charge in [-0.05, 0) is 46.3 Å². The number of para-hydroxylation sites is 1. The van der Waals surface area contributed by atoms with Crippen molar-refractivity contribution in [1.29, 1.82) is 0 Å². The second kappa shape index (κ2) is 5.89. The highest BCUT2D eigenvalue weighted by Gasteiger charge is 2.16. The highest BCUT2D eigenvalue weighted by Crippen LogP contribution is 2.28. The van der Waals surface area contributed by atoms with Gasteiger partial charge in [0.1, 0.15) is 11.5 Å². The molecule has 2 aromatic carbocycles. The second-order valence-corrected chi connectivity index (χ2v) is 4.73. The van der Waals surface area contributed by atoms with Crippen LogP contribution in [0.25, 0.3) is 0 Å². The molecule has 98 valence electrons. The summed E-state index contributed by atoms with van der Waals surface area (Å²) >= 11 is 3.39. The maximum absolute atomic E-state index is 12.5. The van der Waals surface area contributed by atoms with Crippen molar-refractivity contribution in [3.8, 4) is 11.5 Å². The quantitative estimate of drug-likeness (QED) is 0.806. The fourth-order valence-corrected chi connectivity index (χ4v) is 2.32. The molecule has 0 aliphatic rings. The van der Waals surface area contributed by atoms with E-state index in [-0.39, 0.29) is 5.78 Å². The molecule has 0 aromatic heterocycles. The van der Waals surface area contributed by atoms with Crippen molar-refractivity contribution in [3.05, 3.63) is 58.1 Å². The lowest BCUT2D eigenvalue weighted by Crippen LogP contribution is -2.04. The van der Waals surface area contributed by atoms with Crippen LogP contribution in [0.1, 0.15) is 15.9 Å². The average molecular weight is 321 g/mol. The molecule has 0 aliphatic heterocycles. The molecule has 0 unspecified atom stereocenters. The molecule has 0 N–H and O–H groups in total. The highest BCUT2D eigenvalue weighted by atomic mass is 79.9. The number of carbonyl (C=O) groups excluding carboxylic acids is 1. The molecule has 0 spiro atoms. The summed E-state index contributed by atoms with van der Waals surface area (Å²) in [7, 11) is 3.14. The van der Waals surface area contributed by atoms with Crippen LogP contribution in [-0.2, 0) is 0 Å². The summed E-state index contributed by atoms with van der Waals surface area (Å²) in [5.41, 5.74) is 1.11. The van der Waals surface area contributed by atoms with Crippen LogP contribution in [0, 0.1) is 0 Å². The first-order chi connectivity index (χ1) is 9.17. The number of ether oxygens (including phenoxy) is 2. The van der Waals surface area contributed by atoms with Crippen molar-refractivity contribution in [2.45, 2.75) is 0 Å². The molecule has 0 saturated heterocycles. The van der Waals surface area contributed by atoms with Crippen LogP contribution in [0.4, 0.5) is 0 Å². The van der Waals surface area contributed by atoms with Crippen molar-refractivity contribution < 1.29 is 14.3 Å². The van der Waals surface area contributed by atoms with E-state index >= 15 is 0 Å². The molecule has 0 saturated carbocycles. The number of hydrogen-bond donors (Lipinski definition) is 0. The van der Waals surface area contributed by atoms with Crippen LogP contribution in [0.3, 0.4) is 0 Å². The standard InChI is InChI=1S/C15H13BrO3/c1-18-10-7-8-11(13(16)9-10)15(17)12-5-3-4-6-14(12)19-2/h3-9H,1-2H3. The molecule has 2 aromatic rings. The van der Waals surface area contributed by atoms with Crippen molar-refractivity contribution in [2.24, 2.45) is 0 Å². The normalized spacial score (nSPS) is 10.1. The average Bonchev–Trinajstić information content (AvgIpc) is 2.46. The van der Waals surface area contributed by atoms with Gasteiger partial charge in [0.15, 0.2) is 5.78 Å². The van der Waals surface area contributed by atoms with E-state index in [1.807, 2.05) is 12.1 Å². The molecule has 4 heteroatoms. The summed E-state index contributed by atoms with van der Waals surface area (Å²) in [5.74, 6) is 1.17. The third-order valence-electron chi connectivity index (χ3n) is 2.77. The van der Waals surface area contributed by atoms with Crippen molar-refractivity contribution >= 4 is 21.7 Å². The summed E-state index contributed by atoms with van der Waals surface area (Å²) in [6.45, 7) is 0. The van der Waals surface area contributed by atoms with Crippen LogP contribution in [0.2, 0.25) is 0 Å². The van der Waals surface area contributed by atoms with Gasteiger partial charge in [-0.2, -0.15) is 0 Å². The minimum atomic E-state index is -0.0908. The maximum atomic E-state index is 12.5. The van der Waals surface area contributed by atoms with E-state index in [4.69, 9.17) is 9.47 Å². The zero-order valence-corrected chi connectivity index (χ0v) is 12.2. The van der Waals surface area contributed by atoms with Gasteiger partial charge in [-0.25, -0.2) is 0 Å². The van der Waals surface area contributed by atoms with Gasteiger partial charge in [0.05, 0.1) is 19.8 Å². The van der Waals surface area contributed by atoms with Gasteiger partial charge >= 0.3 is 0 Å². The monoisotopic (exact) mass is 320 g/mol. The highest BCUT2D eigenvalue weighted by molar-refractivity contribution is 9.10. The number of halogens is 1.